The van der Waals surface area contributed by atoms with Gasteiger partial charge in [0, 0.05) is 0 Å². The Morgan fingerprint density at radius 3 is 2.56 bits per heavy atom. The Kier molecular flexibility index (Phi) is 3.15. The molecule has 0 saturated carbocycles. The lowest BCUT2D eigenvalue weighted by molar-refractivity contribution is -0.138. The number of fused-ring (bicyclic) bond motifs is 1. The van der Waals surface area contributed by atoms with Gasteiger partial charge < -0.3 is 10.1 Å². The van der Waals surface area contributed by atoms with Crippen molar-refractivity contribution in [2.45, 2.75) is 31.7 Å². The number of halogens is 3. The number of ether oxygens (including phenoxy) is 1. The summed E-state index contributed by atoms with van der Waals surface area (Å²) in [5.74, 6) is 0. The van der Waals surface area contributed by atoms with Gasteiger partial charge in [-0.1, -0.05) is 6.07 Å². The predicted octanol–water partition coefficient (Wildman–Crippen LogP) is 3.23. The predicted molar refractivity (Wildman–Crippen MR) is 62.2 cm³/mol. The molecule has 0 amide bonds. The molecule has 0 saturated heterocycles. The fourth-order valence-electron chi connectivity index (χ4n) is 2.26. The third-order valence-electron chi connectivity index (χ3n) is 3.36. The molecule has 0 radical (unpaired) electrons. The number of nitrogens with one attached hydrogen (secondary N) is 1. The van der Waals surface area contributed by atoms with E-state index in [-0.39, 0.29) is 6.04 Å². The van der Waals surface area contributed by atoms with Crippen LogP contribution in [0.4, 0.5) is 13.2 Å². The highest BCUT2D eigenvalue weighted by Crippen LogP contribution is 2.40. The fourth-order valence-corrected chi connectivity index (χ4v) is 2.26. The number of rotatable bonds is 1. The van der Waals surface area contributed by atoms with Crippen LogP contribution < -0.4 is 5.32 Å². The van der Waals surface area contributed by atoms with Gasteiger partial charge in [-0.3, -0.25) is 0 Å². The number of likely N-dealkylation sites (N-methyl/N-ethyl adjacent to an activating group) is 1. The molecule has 2 nitrogen and oxygen atoms in total. The van der Waals surface area contributed by atoms with Gasteiger partial charge >= 0.3 is 6.18 Å². The Balaban J connectivity index is 2.55. The number of hydrogen-bond donors (Lipinski definition) is 1. The van der Waals surface area contributed by atoms with Gasteiger partial charge in [-0.15, -0.1) is 0 Å². The Bertz CT molecular complexity index is 454. The van der Waals surface area contributed by atoms with E-state index in [2.05, 4.69) is 5.32 Å². The summed E-state index contributed by atoms with van der Waals surface area (Å²) >= 11 is 0. The molecule has 18 heavy (non-hydrogen) atoms. The van der Waals surface area contributed by atoms with Gasteiger partial charge in [0.15, 0.2) is 0 Å². The van der Waals surface area contributed by atoms with Crippen molar-refractivity contribution in [2.75, 3.05) is 13.7 Å². The molecule has 0 bridgehead atoms. The van der Waals surface area contributed by atoms with E-state index in [0.29, 0.717) is 12.2 Å². The molecular formula is C13H16F3NO. The smallest absolute Gasteiger partial charge is 0.369 e. The molecule has 100 valence electrons. The van der Waals surface area contributed by atoms with Crippen molar-refractivity contribution in [1.29, 1.82) is 0 Å². The van der Waals surface area contributed by atoms with E-state index < -0.39 is 17.3 Å². The second-order valence-electron chi connectivity index (χ2n) is 4.96. The fraction of sp³-hybridized carbons (Fsp3) is 0.538. The molecule has 1 unspecified atom stereocenters. The van der Waals surface area contributed by atoms with Crippen molar-refractivity contribution < 1.29 is 17.9 Å². The maximum absolute atomic E-state index is 12.7. The number of benzene rings is 1. The van der Waals surface area contributed by atoms with Gasteiger partial charge in [0.1, 0.15) is 0 Å². The van der Waals surface area contributed by atoms with Crippen LogP contribution in [0.3, 0.4) is 0 Å². The highest BCUT2D eigenvalue weighted by Gasteiger charge is 2.37. The summed E-state index contributed by atoms with van der Waals surface area (Å²) < 4.78 is 43.8. The summed E-state index contributed by atoms with van der Waals surface area (Å²) in [6.07, 6.45) is -4.32. The molecule has 5 heteroatoms. The van der Waals surface area contributed by atoms with Crippen molar-refractivity contribution in [3.8, 4) is 0 Å². The quantitative estimate of drug-likeness (QED) is 0.836. The topological polar surface area (TPSA) is 21.3 Å². The van der Waals surface area contributed by atoms with Gasteiger partial charge in [0.05, 0.1) is 23.8 Å². The van der Waals surface area contributed by atoms with Gasteiger partial charge in [0.25, 0.3) is 0 Å². The summed E-state index contributed by atoms with van der Waals surface area (Å²) in [7, 11) is 1.77. The lowest BCUT2D eigenvalue weighted by atomic mass is 9.85. The minimum Gasteiger partial charge on any atom is -0.369 e. The van der Waals surface area contributed by atoms with Crippen LogP contribution in [-0.4, -0.2) is 13.7 Å². The van der Waals surface area contributed by atoms with E-state index >= 15 is 0 Å². The summed E-state index contributed by atoms with van der Waals surface area (Å²) in [5.41, 5.74) is 0.156. The molecule has 1 N–H and O–H groups in total. The summed E-state index contributed by atoms with van der Waals surface area (Å²) in [4.78, 5) is 0. The van der Waals surface area contributed by atoms with Crippen LogP contribution in [0.2, 0.25) is 0 Å². The maximum Gasteiger partial charge on any atom is 0.416 e. The van der Waals surface area contributed by atoms with Crippen LogP contribution in [0.1, 0.15) is 36.6 Å². The second kappa shape index (κ2) is 4.24. The highest BCUT2D eigenvalue weighted by molar-refractivity contribution is 5.40. The zero-order valence-corrected chi connectivity index (χ0v) is 10.6. The Morgan fingerprint density at radius 2 is 2.00 bits per heavy atom. The van der Waals surface area contributed by atoms with E-state index in [9.17, 15) is 13.2 Å². The van der Waals surface area contributed by atoms with Crippen LogP contribution in [0, 0.1) is 0 Å². The van der Waals surface area contributed by atoms with Crippen molar-refractivity contribution in [3.05, 3.63) is 34.9 Å². The van der Waals surface area contributed by atoms with Crippen LogP contribution in [0.5, 0.6) is 0 Å². The first kappa shape index (κ1) is 13.4. The monoisotopic (exact) mass is 259 g/mol. The van der Waals surface area contributed by atoms with E-state index in [1.54, 1.807) is 27.0 Å². The third kappa shape index (κ3) is 2.24. The molecule has 0 fully saturated rings. The first-order chi connectivity index (χ1) is 8.25. The molecule has 0 spiro atoms. The van der Waals surface area contributed by atoms with Gasteiger partial charge in [-0.2, -0.15) is 13.2 Å². The SMILES string of the molecule is CNC1COC(C)(C)c2cc(C(F)(F)F)ccc21. The second-order valence-corrected chi connectivity index (χ2v) is 4.96. The molecule has 1 aliphatic rings. The van der Waals surface area contributed by atoms with Crippen molar-refractivity contribution in [2.24, 2.45) is 0 Å². The van der Waals surface area contributed by atoms with Crippen molar-refractivity contribution in [1.82, 2.24) is 5.32 Å². The summed E-state index contributed by atoms with van der Waals surface area (Å²) in [6, 6.07) is 3.81. The Hall–Kier alpha value is -1.07. The molecule has 1 aromatic carbocycles. The lowest BCUT2D eigenvalue weighted by Gasteiger charge is -2.37. The first-order valence-corrected chi connectivity index (χ1v) is 5.78. The van der Waals surface area contributed by atoms with E-state index in [0.717, 1.165) is 11.6 Å². The normalized spacial score (nSPS) is 22.7. The van der Waals surface area contributed by atoms with Crippen LogP contribution in [0.25, 0.3) is 0 Å². The molecular weight excluding hydrogens is 243 g/mol. The highest BCUT2D eigenvalue weighted by atomic mass is 19.4. The zero-order chi connectivity index (χ0) is 13.6. The molecule has 0 aliphatic carbocycles. The minimum atomic E-state index is -4.32. The van der Waals surface area contributed by atoms with Crippen molar-refractivity contribution >= 4 is 0 Å². The Morgan fingerprint density at radius 1 is 1.33 bits per heavy atom. The Labute approximate surface area is 104 Å². The van der Waals surface area contributed by atoms with Crippen LogP contribution >= 0.6 is 0 Å². The maximum atomic E-state index is 12.7. The van der Waals surface area contributed by atoms with Gasteiger partial charge in [-0.25, -0.2) is 0 Å². The average Bonchev–Trinajstić information content (AvgIpc) is 2.28. The van der Waals surface area contributed by atoms with Crippen LogP contribution in [-0.2, 0) is 16.5 Å². The van der Waals surface area contributed by atoms with Crippen molar-refractivity contribution in [3.63, 3.8) is 0 Å². The molecule has 1 heterocycles. The number of alkyl halides is 3. The average molecular weight is 259 g/mol. The molecule has 1 aliphatic heterocycles. The summed E-state index contributed by atoms with van der Waals surface area (Å²) in [6.45, 7) is 4.04. The third-order valence-corrected chi connectivity index (χ3v) is 3.36. The van der Waals surface area contributed by atoms with E-state index in [1.807, 2.05) is 0 Å². The van der Waals surface area contributed by atoms with Gasteiger partial charge in [-0.05, 0) is 44.2 Å². The molecule has 0 aromatic heterocycles. The van der Waals surface area contributed by atoms with Gasteiger partial charge in [0.2, 0.25) is 0 Å². The lowest BCUT2D eigenvalue weighted by Crippen LogP contribution is -2.37. The van der Waals surface area contributed by atoms with Crippen LogP contribution in [0.15, 0.2) is 18.2 Å². The van der Waals surface area contributed by atoms with E-state index in [4.69, 9.17) is 4.74 Å². The molecule has 2 rings (SSSR count). The zero-order valence-electron chi connectivity index (χ0n) is 10.6. The molecule has 1 atom stereocenters. The first-order valence-electron chi connectivity index (χ1n) is 5.78. The largest absolute Gasteiger partial charge is 0.416 e. The molecule has 1 aromatic rings. The standard InChI is InChI=1S/C13H16F3NO/c1-12(2)10-6-8(13(14,15)16)4-5-9(10)11(17-3)7-18-12/h4-6,11,17H,7H2,1-3H3. The van der Waals surface area contributed by atoms with E-state index in [1.165, 1.54) is 6.07 Å². The minimum absolute atomic E-state index is 0.0599. The number of hydrogen-bond acceptors (Lipinski definition) is 2. The summed E-state index contributed by atoms with van der Waals surface area (Å²) in [5, 5.41) is 3.05.